The molecule has 98 valence electrons. The summed E-state index contributed by atoms with van der Waals surface area (Å²) >= 11 is 3.40. The lowest BCUT2D eigenvalue weighted by atomic mass is 10.1. The van der Waals surface area contributed by atoms with Crippen molar-refractivity contribution in [2.45, 2.75) is 13.0 Å². The summed E-state index contributed by atoms with van der Waals surface area (Å²) in [7, 11) is 0. The fraction of sp³-hybridized carbons (Fsp3) is 0.308. The van der Waals surface area contributed by atoms with Gasteiger partial charge in [0, 0.05) is 29.7 Å². The van der Waals surface area contributed by atoms with E-state index in [0.717, 1.165) is 24.0 Å². The number of aliphatic carboxylic acids is 1. The van der Waals surface area contributed by atoms with E-state index in [2.05, 4.69) is 33.0 Å². The number of carbonyl (C=O) groups is 1. The molecule has 0 amide bonds. The van der Waals surface area contributed by atoms with Crippen molar-refractivity contribution in [3.63, 3.8) is 0 Å². The quantitative estimate of drug-likeness (QED) is 0.924. The number of carboxylic acids is 1. The van der Waals surface area contributed by atoms with E-state index in [-0.39, 0.29) is 12.4 Å². The average Bonchev–Trinajstić information content (AvgIpc) is 2.32. The number of hydrogen-bond acceptors (Lipinski definition) is 2. The fourth-order valence-electron chi connectivity index (χ4n) is 1.94. The molecule has 0 saturated heterocycles. The van der Waals surface area contributed by atoms with E-state index in [9.17, 15) is 4.79 Å². The lowest BCUT2D eigenvalue weighted by Crippen LogP contribution is -2.31. The summed E-state index contributed by atoms with van der Waals surface area (Å²) in [5, 5.41) is 8.96. The molecule has 2 rings (SSSR count). The Bertz CT molecular complexity index is 445. The Labute approximate surface area is 121 Å². The SMILES string of the molecule is Cl.O=C(O)C1=CCCN(Cc2ccc(Br)cc2)C1. The highest BCUT2D eigenvalue weighted by Crippen LogP contribution is 2.15. The Kier molecular flexibility index (Phi) is 5.85. The first-order chi connectivity index (χ1) is 8.15. The van der Waals surface area contributed by atoms with Gasteiger partial charge in [0.15, 0.2) is 0 Å². The minimum Gasteiger partial charge on any atom is -0.478 e. The van der Waals surface area contributed by atoms with Gasteiger partial charge in [-0.15, -0.1) is 12.4 Å². The Balaban J connectivity index is 0.00000162. The molecule has 0 saturated carbocycles. The molecule has 0 atom stereocenters. The van der Waals surface area contributed by atoms with E-state index in [1.165, 1.54) is 5.56 Å². The Morgan fingerprint density at radius 2 is 2.00 bits per heavy atom. The molecule has 0 radical (unpaired) electrons. The zero-order valence-corrected chi connectivity index (χ0v) is 12.2. The van der Waals surface area contributed by atoms with Crippen LogP contribution in [-0.2, 0) is 11.3 Å². The molecule has 1 aliphatic rings. The third kappa shape index (κ3) is 4.12. The average molecular weight is 333 g/mol. The van der Waals surface area contributed by atoms with Gasteiger partial charge in [-0.25, -0.2) is 4.79 Å². The Hall–Kier alpha value is -0.840. The normalized spacial score (nSPS) is 15.7. The minimum absolute atomic E-state index is 0. The predicted octanol–water partition coefficient (Wildman–Crippen LogP) is 3.09. The van der Waals surface area contributed by atoms with E-state index in [1.807, 2.05) is 18.2 Å². The van der Waals surface area contributed by atoms with Crippen molar-refractivity contribution >= 4 is 34.3 Å². The van der Waals surface area contributed by atoms with Gasteiger partial charge in [-0.05, 0) is 24.1 Å². The van der Waals surface area contributed by atoms with Crippen molar-refractivity contribution in [2.75, 3.05) is 13.1 Å². The molecule has 1 aromatic carbocycles. The van der Waals surface area contributed by atoms with Crippen LogP contribution in [0.4, 0.5) is 0 Å². The molecular formula is C13H15BrClNO2. The summed E-state index contributed by atoms with van der Waals surface area (Å²) in [6, 6.07) is 8.13. The van der Waals surface area contributed by atoms with Gasteiger partial charge >= 0.3 is 5.97 Å². The van der Waals surface area contributed by atoms with Crippen molar-refractivity contribution < 1.29 is 9.90 Å². The Morgan fingerprint density at radius 1 is 1.33 bits per heavy atom. The van der Waals surface area contributed by atoms with Crippen LogP contribution in [0.5, 0.6) is 0 Å². The van der Waals surface area contributed by atoms with Crippen molar-refractivity contribution in [3.05, 3.63) is 46.0 Å². The predicted molar refractivity (Wildman–Crippen MR) is 77.0 cm³/mol. The summed E-state index contributed by atoms with van der Waals surface area (Å²) < 4.78 is 1.06. The molecule has 18 heavy (non-hydrogen) atoms. The minimum atomic E-state index is -0.800. The van der Waals surface area contributed by atoms with Crippen LogP contribution >= 0.6 is 28.3 Å². The number of rotatable bonds is 3. The van der Waals surface area contributed by atoms with Crippen LogP contribution in [0.3, 0.4) is 0 Å². The number of benzene rings is 1. The fourth-order valence-corrected chi connectivity index (χ4v) is 2.21. The first-order valence-electron chi connectivity index (χ1n) is 5.54. The number of carboxylic acid groups (broad SMARTS) is 1. The topological polar surface area (TPSA) is 40.5 Å². The highest BCUT2D eigenvalue weighted by atomic mass is 79.9. The van der Waals surface area contributed by atoms with Crippen LogP contribution in [0.25, 0.3) is 0 Å². The van der Waals surface area contributed by atoms with Crippen LogP contribution in [0.2, 0.25) is 0 Å². The lowest BCUT2D eigenvalue weighted by molar-refractivity contribution is -0.133. The summed E-state index contributed by atoms with van der Waals surface area (Å²) in [4.78, 5) is 13.1. The molecule has 0 aromatic heterocycles. The second-order valence-electron chi connectivity index (χ2n) is 4.16. The zero-order chi connectivity index (χ0) is 12.3. The van der Waals surface area contributed by atoms with Gasteiger partial charge in [0.05, 0.1) is 0 Å². The van der Waals surface area contributed by atoms with Crippen LogP contribution < -0.4 is 0 Å². The lowest BCUT2D eigenvalue weighted by Gasteiger charge is -2.25. The number of hydrogen-bond donors (Lipinski definition) is 1. The van der Waals surface area contributed by atoms with Crippen LogP contribution in [0.1, 0.15) is 12.0 Å². The molecule has 1 aliphatic heterocycles. The van der Waals surface area contributed by atoms with E-state index in [4.69, 9.17) is 5.11 Å². The summed E-state index contributed by atoms with van der Waals surface area (Å²) in [5.74, 6) is -0.800. The molecular weight excluding hydrogens is 318 g/mol. The van der Waals surface area contributed by atoms with Crippen molar-refractivity contribution in [1.82, 2.24) is 4.90 Å². The maximum atomic E-state index is 10.9. The third-order valence-corrected chi connectivity index (χ3v) is 3.35. The second-order valence-corrected chi connectivity index (χ2v) is 5.08. The molecule has 1 N–H and O–H groups in total. The number of halogens is 2. The molecule has 1 heterocycles. The van der Waals surface area contributed by atoms with E-state index in [0.29, 0.717) is 12.1 Å². The second kappa shape index (κ2) is 6.92. The summed E-state index contributed by atoms with van der Waals surface area (Å²) in [5.41, 5.74) is 1.72. The van der Waals surface area contributed by atoms with Gasteiger partial charge in [0.1, 0.15) is 0 Å². The first kappa shape index (κ1) is 15.2. The molecule has 3 nitrogen and oxygen atoms in total. The summed E-state index contributed by atoms with van der Waals surface area (Å²) in [6.45, 7) is 2.26. The largest absolute Gasteiger partial charge is 0.478 e. The van der Waals surface area contributed by atoms with Gasteiger partial charge in [-0.3, -0.25) is 4.90 Å². The van der Waals surface area contributed by atoms with Crippen molar-refractivity contribution in [2.24, 2.45) is 0 Å². The smallest absolute Gasteiger partial charge is 0.332 e. The van der Waals surface area contributed by atoms with Crippen LogP contribution in [0.15, 0.2) is 40.4 Å². The molecule has 0 spiro atoms. The van der Waals surface area contributed by atoms with Crippen LogP contribution in [-0.4, -0.2) is 29.1 Å². The van der Waals surface area contributed by atoms with Gasteiger partial charge in [0.25, 0.3) is 0 Å². The van der Waals surface area contributed by atoms with E-state index >= 15 is 0 Å². The van der Waals surface area contributed by atoms with Gasteiger partial charge in [-0.2, -0.15) is 0 Å². The molecule has 0 unspecified atom stereocenters. The van der Waals surface area contributed by atoms with Crippen LogP contribution in [0, 0.1) is 0 Å². The van der Waals surface area contributed by atoms with Gasteiger partial charge < -0.3 is 5.11 Å². The molecule has 0 bridgehead atoms. The van der Waals surface area contributed by atoms with Gasteiger partial charge in [-0.1, -0.05) is 34.1 Å². The standard InChI is InChI=1S/C13H14BrNO2.ClH/c14-12-5-3-10(4-6-12)8-15-7-1-2-11(9-15)13(16)17;/h2-6H,1,7-9H2,(H,16,17);1H. The Morgan fingerprint density at radius 3 is 2.61 bits per heavy atom. The highest BCUT2D eigenvalue weighted by molar-refractivity contribution is 9.10. The molecule has 1 aromatic rings. The first-order valence-corrected chi connectivity index (χ1v) is 6.33. The molecule has 0 fully saturated rings. The zero-order valence-electron chi connectivity index (χ0n) is 9.80. The van der Waals surface area contributed by atoms with E-state index in [1.54, 1.807) is 0 Å². The summed E-state index contributed by atoms with van der Waals surface area (Å²) in [6.07, 6.45) is 2.64. The maximum absolute atomic E-state index is 10.9. The molecule has 5 heteroatoms. The maximum Gasteiger partial charge on any atom is 0.332 e. The third-order valence-electron chi connectivity index (χ3n) is 2.82. The van der Waals surface area contributed by atoms with Gasteiger partial charge in [0.2, 0.25) is 0 Å². The molecule has 0 aliphatic carbocycles. The number of nitrogens with zero attached hydrogens (tertiary/aromatic N) is 1. The van der Waals surface area contributed by atoms with E-state index < -0.39 is 5.97 Å². The monoisotopic (exact) mass is 331 g/mol. The van der Waals surface area contributed by atoms with Crippen molar-refractivity contribution in [3.8, 4) is 0 Å². The highest BCUT2D eigenvalue weighted by Gasteiger charge is 2.17. The van der Waals surface area contributed by atoms with Crippen molar-refractivity contribution in [1.29, 1.82) is 0 Å².